The smallest absolute Gasteiger partial charge is 0.283 e. The Morgan fingerprint density at radius 2 is 1.21 bits per heavy atom. The highest BCUT2D eigenvalue weighted by atomic mass is 35.5. The predicted molar refractivity (Wildman–Crippen MR) is 97.1 cm³/mol. The number of aliphatic hydroxyl groups excluding tert-OH is 1. The number of quaternary nitrogens is 1. The van der Waals surface area contributed by atoms with Crippen molar-refractivity contribution in [3.05, 3.63) is 0 Å². The summed E-state index contributed by atoms with van der Waals surface area (Å²) in [6.07, 6.45) is 14.8. The minimum Gasteiger partial charge on any atom is -1.00 e. The summed E-state index contributed by atoms with van der Waals surface area (Å²) in [6, 6.07) is -0.504. The number of hydrogen-bond acceptors (Lipinski definition) is 2. The zero-order valence-corrected chi connectivity index (χ0v) is 16.8. The molecular formula is C19H41ClN2O2. The van der Waals surface area contributed by atoms with Crippen molar-refractivity contribution in [2.75, 3.05) is 19.7 Å². The summed E-state index contributed by atoms with van der Waals surface area (Å²) in [5, 5.41) is 9.18. The average Bonchev–Trinajstić information content (AvgIpc) is 2.57. The van der Waals surface area contributed by atoms with Crippen molar-refractivity contribution in [3.63, 3.8) is 0 Å². The Hall–Kier alpha value is -0.320. The highest BCUT2D eigenvalue weighted by Gasteiger charge is 2.22. The second-order valence-corrected chi connectivity index (χ2v) is 6.74. The molecule has 5 heteroatoms. The van der Waals surface area contributed by atoms with Gasteiger partial charge < -0.3 is 28.1 Å². The lowest BCUT2D eigenvalue weighted by Crippen LogP contribution is -3.00. The van der Waals surface area contributed by atoms with Crippen molar-refractivity contribution >= 4 is 5.91 Å². The van der Waals surface area contributed by atoms with Crippen molar-refractivity contribution in [3.8, 4) is 0 Å². The zero-order valence-electron chi connectivity index (χ0n) is 16.1. The monoisotopic (exact) mass is 364 g/mol. The topological polar surface area (TPSA) is 68.2 Å². The van der Waals surface area contributed by atoms with E-state index in [1.165, 1.54) is 64.2 Å². The molecule has 0 aliphatic carbocycles. The van der Waals surface area contributed by atoms with Crippen LogP contribution in [0.2, 0.25) is 0 Å². The van der Waals surface area contributed by atoms with Gasteiger partial charge in [0.2, 0.25) is 0 Å². The Kier molecular flexibility index (Phi) is 20.5. The van der Waals surface area contributed by atoms with Crippen molar-refractivity contribution in [1.29, 1.82) is 0 Å². The molecule has 0 aliphatic heterocycles. The van der Waals surface area contributed by atoms with E-state index in [1.807, 2.05) is 4.90 Å². The minimum absolute atomic E-state index is 0. The highest BCUT2D eigenvalue weighted by Crippen LogP contribution is 2.09. The summed E-state index contributed by atoms with van der Waals surface area (Å²) in [5.74, 6) is 0.0228. The van der Waals surface area contributed by atoms with Gasteiger partial charge in [-0.3, -0.25) is 4.79 Å². The van der Waals surface area contributed by atoms with Crippen molar-refractivity contribution in [2.24, 2.45) is 0 Å². The van der Waals surface area contributed by atoms with E-state index < -0.39 is 6.04 Å². The van der Waals surface area contributed by atoms with Crippen LogP contribution in [0.3, 0.4) is 0 Å². The van der Waals surface area contributed by atoms with Crippen LogP contribution in [0.15, 0.2) is 0 Å². The molecule has 4 N–H and O–H groups in total. The van der Waals surface area contributed by atoms with Gasteiger partial charge in [-0.1, -0.05) is 78.1 Å². The Bertz CT molecular complexity index is 262. The van der Waals surface area contributed by atoms with Gasteiger partial charge in [-0.15, -0.1) is 0 Å². The molecule has 4 nitrogen and oxygen atoms in total. The van der Waals surface area contributed by atoms with Crippen LogP contribution in [0.1, 0.15) is 90.9 Å². The van der Waals surface area contributed by atoms with Crippen molar-refractivity contribution < 1.29 is 28.0 Å². The molecule has 0 rings (SSSR count). The lowest BCUT2D eigenvalue weighted by atomic mass is 10.1. The fraction of sp³-hybridized carbons (Fsp3) is 0.947. The third-order valence-electron chi connectivity index (χ3n) is 4.44. The van der Waals surface area contributed by atoms with E-state index in [0.29, 0.717) is 0 Å². The van der Waals surface area contributed by atoms with E-state index in [1.54, 1.807) is 0 Å². The van der Waals surface area contributed by atoms with Gasteiger partial charge in [0.25, 0.3) is 5.91 Å². The summed E-state index contributed by atoms with van der Waals surface area (Å²) in [7, 11) is 0. The first-order valence-electron chi connectivity index (χ1n) is 9.90. The number of amides is 1. The van der Waals surface area contributed by atoms with Crippen LogP contribution in [0, 0.1) is 0 Å². The molecule has 0 heterocycles. The third-order valence-corrected chi connectivity index (χ3v) is 4.44. The molecule has 0 unspecified atom stereocenters. The fourth-order valence-electron chi connectivity index (χ4n) is 2.83. The van der Waals surface area contributed by atoms with Crippen LogP contribution in [0.4, 0.5) is 0 Å². The number of nitrogens with zero attached hydrogens (tertiary/aromatic N) is 1. The van der Waals surface area contributed by atoms with E-state index in [2.05, 4.69) is 19.6 Å². The molecule has 24 heavy (non-hydrogen) atoms. The van der Waals surface area contributed by atoms with Crippen molar-refractivity contribution in [1.82, 2.24) is 4.90 Å². The van der Waals surface area contributed by atoms with E-state index >= 15 is 0 Å². The Morgan fingerprint density at radius 3 is 1.58 bits per heavy atom. The maximum Gasteiger partial charge on any atom is 0.283 e. The number of carbonyl (C=O) groups is 1. The molecule has 0 saturated carbocycles. The molecule has 0 bridgehead atoms. The third kappa shape index (κ3) is 14.1. The molecule has 1 atom stereocenters. The van der Waals surface area contributed by atoms with E-state index in [9.17, 15) is 9.90 Å². The normalized spacial score (nSPS) is 11.8. The Morgan fingerprint density at radius 1 is 0.833 bits per heavy atom. The molecule has 0 radical (unpaired) electrons. The van der Waals surface area contributed by atoms with Gasteiger partial charge in [0.1, 0.15) is 6.61 Å². The first-order chi connectivity index (χ1) is 11.2. The van der Waals surface area contributed by atoms with E-state index in [4.69, 9.17) is 0 Å². The molecule has 0 saturated heterocycles. The van der Waals surface area contributed by atoms with Gasteiger partial charge in [-0.2, -0.15) is 0 Å². The molecule has 1 amide bonds. The van der Waals surface area contributed by atoms with Crippen LogP contribution in [0.25, 0.3) is 0 Å². The fourth-order valence-corrected chi connectivity index (χ4v) is 2.83. The van der Waals surface area contributed by atoms with Gasteiger partial charge in [-0.05, 0) is 12.8 Å². The summed E-state index contributed by atoms with van der Waals surface area (Å²) >= 11 is 0. The van der Waals surface area contributed by atoms with E-state index in [-0.39, 0.29) is 24.9 Å². The maximum atomic E-state index is 12.3. The summed E-state index contributed by atoms with van der Waals surface area (Å²) in [4.78, 5) is 14.2. The molecule has 0 fully saturated rings. The number of aliphatic hydroxyl groups is 1. The number of unbranched alkanes of at least 4 members (excludes halogenated alkanes) is 10. The number of hydrogen-bond donors (Lipinski definition) is 2. The van der Waals surface area contributed by atoms with Gasteiger partial charge in [0.15, 0.2) is 6.04 Å². The van der Waals surface area contributed by atoms with E-state index in [0.717, 1.165) is 25.9 Å². The summed E-state index contributed by atoms with van der Waals surface area (Å²) in [5.41, 5.74) is 3.77. The maximum absolute atomic E-state index is 12.3. The second-order valence-electron chi connectivity index (χ2n) is 6.74. The van der Waals surface area contributed by atoms with Gasteiger partial charge in [0.05, 0.1) is 0 Å². The quantitative estimate of drug-likeness (QED) is 0.383. The minimum atomic E-state index is -0.504. The van der Waals surface area contributed by atoms with Crippen LogP contribution in [-0.4, -0.2) is 41.7 Å². The first kappa shape index (κ1) is 25.9. The molecular weight excluding hydrogens is 324 g/mol. The Labute approximate surface area is 156 Å². The number of halogens is 1. The van der Waals surface area contributed by atoms with Crippen LogP contribution < -0.4 is 18.1 Å². The second kappa shape index (κ2) is 19.0. The van der Waals surface area contributed by atoms with Crippen LogP contribution in [0.5, 0.6) is 0 Å². The Balaban J connectivity index is 0. The van der Waals surface area contributed by atoms with Crippen molar-refractivity contribution in [2.45, 2.75) is 96.9 Å². The molecule has 146 valence electrons. The summed E-state index contributed by atoms with van der Waals surface area (Å²) in [6.45, 7) is 5.95. The average molecular weight is 365 g/mol. The molecule has 0 aliphatic rings. The largest absolute Gasteiger partial charge is 1.00 e. The lowest BCUT2D eigenvalue weighted by molar-refractivity contribution is -0.411. The molecule has 0 aromatic heterocycles. The van der Waals surface area contributed by atoms with Gasteiger partial charge in [-0.25, -0.2) is 0 Å². The molecule has 0 aromatic rings. The van der Waals surface area contributed by atoms with Crippen LogP contribution >= 0.6 is 0 Å². The van der Waals surface area contributed by atoms with Gasteiger partial charge in [0, 0.05) is 13.1 Å². The lowest BCUT2D eigenvalue weighted by Gasteiger charge is -2.24. The number of rotatable bonds is 16. The van der Waals surface area contributed by atoms with Gasteiger partial charge >= 0.3 is 0 Å². The molecule has 0 aromatic carbocycles. The highest BCUT2D eigenvalue weighted by molar-refractivity contribution is 5.80. The molecule has 0 spiro atoms. The predicted octanol–water partition coefficient (Wildman–Crippen LogP) is 0.143. The first-order valence-corrected chi connectivity index (χ1v) is 9.90. The summed E-state index contributed by atoms with van der Waals surface area (Å²) < 4.78 is 0. The van der Waals surface area contributed by atoms with Crippen LogP contribution in [-0.2, 0) is 4.79 Å². The zero-order chi connectivity index (χ0) is 17.3. The number of carbonyl (C=O) groups excluding carboxylic acids is 1. The standard InChI is InChI=1S/C19H40N2O2.ClH/c1-3-5-7-9-11-13-15-21(19(23)18(20)17-22)16-14-12-10-8-6-4-2;/h18,22H,3-17,20H2,1-2H3;1H/t18-;/m1./s1. The SMILES string of the molecule is CCCCCCCCN(CCCCCCCC)C(=O)[C@H]([NH3+])CO.[Cl-].